The molecule has 0 atom stereocenters. The lowest BCUT2D eigenvalue weighted by Crippen LogP contribution is -2.29. The minimum absolute atomic E-state index is 0.0370. The molecule has 0 aromatic carbocycles. The second-order valence-corrected chi connectivity index (χ2v) is 6.40. The van der Waals surface area contributed by atoms with Gasteiger partial charge < -0.3 is 16.0 Å². The van der Waals surface area contributed by atoms with Crippen LogP contribution in [0, 0.1) is 0 Å². The number of amides is 3. The van der Waals surface area contributed by atoms with Crippen LogP contribution in [0.1, 0.15) is 81.6 Å². The zero-order valence-corrected chi connectivity index (χ0v) is 17.1. The van der Waals surface area contributed by atoms with Crippen LogP contribution in [0.15, 0.2) is 0 Å². The maximum absolute atomic E-state index is 10.7. The zero-order valence-electron chi connectivity index (χ0n) is 17.1. The average Bonchev–Trinajstić information content (AvgIpc) is 2.36. The third-order valence-corrected chi connectivity index (χ3v) is 2.19. The minimum Gasteiger partial charge on any atom is -0.354 e. The van der Waals surface area contributed by atoms with Crippen LogP contribution in [0.3, 0.4) is 0 Å². The molecule has 0 bridgehead atoms. The Kier molecular flexibility index (Phi) is 20.2. The van der Waals surface area contributed by atoms with E-state index in [-0.39, 0.29) is 35.8 Å². The first-order valence-electron chi connectivity index (χ1n) is 8.81. The molecule has 6 nitrogen and oxygen atoms in total. The Hall–Kier alpha value is -1.59. The van der Waals surface area contributed by atoms with Gasteiger partial charge in [-0.1, -0.05) is 13.8 Å². The molecular formula is C18H39N3O3. The van der Waals surface area contributed by atoms with Gasteiger partial charge in [0, 0.05) is 37.9 Å². The Morgan fingerprint density at radius 1 is 0.708 bits per heavy atom. The highest BCUT2D eigenvalue weighted by molar-refractivity contribution is 5.76. The molecule has 0 aliphatic rings. The largest absolute Gasteiger partial charge is 0.354 e. The lowest BCUT2D eigenvalue weighted by atomic mass is 10.3. The molecule has 0 fully saturated rings. The topological polar surface area (TPSA) is 87.3 Å². The Morgan fingerprint density at radius 3 is 1.25 bits per heavy atom. The first kappa shape index (κ1) is 27.3. The average molecular weight is 346 g/mol. The SMILES string of the molecule is CC(=O)NC(C)C.CCC(=O)NC(C)C.CCCC(=O)NC(C)C. The molecule has 0 rings (SSSR count). The molecule has 0 aliphatic heterocycles. The van der Waals surface area contributed by atoms with Gasteiger partial charge in [0.2, 0.25) is 17.7 Å². The van der Waals surface area contributed by atoms with Gasteiger partial charge in [0.05, 0.1) is 0 Å². The Morgan fingerprint density at radius 2 is 1.08 bits per heavy atom. The van der Waals surface area contributed by atoms with Gasteiger partial charge in [-0.3, -0.25) is 14.4 Å². The molecule has 6 heteroatoms. The van der Waals surface area contributed by atoms with Gasteiger partial charge in [0.1, 0.15) is 0 Å². The number of hydrogen-bond acceptors (Lipinski definition) is 3. The van der Waals surface area contributed by atoms with Crippen LogP contribution in [0.2, 0.25) is 0 Å². The number of hydrogen-bond donors (Lipinski definition) is 3. The summed E-state index contributed by atoms with van der Waals surface area (Å²) in [6, 6.07) is 0.837. The van der Waals surface area contributed by atoms with Gasteiger partial charge in [-0.2, -0.15) is 0 Å². The van der Waals surface area contributed by atoms with Crippen molar-refractivity contribution >= 4 is 17.7 Å². The van der Waals surface area contributed by atoms with Crippen molar-refractivity contribution in [3.8, 4) is 0 Å². The summed E-state index contributed by atoms with van der Waals surface area (Å²) in [6.45, 7) is 17.1. The maximum atomic E-state index is 10.7. The van der Waals surface area contributed by atoms with E-state index in [0.29, 0.717) is 12.8 Å². The van der Waals surface area contributed by atoms with E-state index < -0.39 is 0 Å². The highest BCUT2D eigenvalue weighted by Gasteiger charge is 1.99. The fourth-order valence-electron chi connectivity index (χ4n) is 1.45. The summed E-state index contributed by atoms with van der Waals surface area (Å²) in [7, 11) is 0. The standard InChI is InChI=1S/C7H15NO.C6H13NO.C5H11NO/c1-4-5-7(9)8-6(2)3;1-4-6(8)7-5(2)3;1-4(2)6-5(3)7/h6H,4-5H2,1-3H3,(H,8,9);5H,4H2,1-3H3,(H,7,8);4H,1-3H3,(H,6,7). The van der Waals surface area contributed by atoms with Crippen molar-refractivity contribution in [2.24, 2.45) is 0 Å². The van der Waals surface area contributed by atoms with Gasteiger partial charge in [0.25, 0.3) is 0 Å². The van der Waals surface area contributed by atoms with Gasteiger partial charge in [-0.25, -0.2) is 0 Å². The van der Waals surface area contributed by atoms with E-state index in [9.17, 15) is 14.4 Å². The smallest absolute Gasteiger partial charge is 0.220 e. The first-order valence-corrected chi connectivity index (χ1v) is 8.81. The van der Waals surface area contributed by atoms with E-state index in [1.54, 1.807) is 0 Å². The van der Waals surface area contributed by atoms with E-state index in [4.69, 9.17) is 0 Å². The Bertz CT molecular complexity index is 340. The summed E-state index contributed by atoms with van der Waals surface area (Å²) in [5.74, 6) is 0.322. The fraction of sp³-hybridized carbons (Fsp3) is 0.833. The van der Waals surface area contributed by atoms with E-state index >= 15 is 0 Å². The van der Waals surface area contributed by atoms with Gasteiger partial charge in [-0.05, 0) is 48.0 Å². The number of rotatable bonds is 6. The van der Waals surface area contributed by atoms with Crippen LogP contribution in [0.5, 0.6) is 0 Å². The van der Waals surface area contributed by atoms with Crippen LogP contribution in [0.25, 0.3) is 0 Å². The Labute approximate surface area is 148 Å². The second kappa shape index (κ2) is 17.8. The van der Waals surface area contributed by atoms with E-state index in [0.717, 1.165) is 6.42 Å². The lowest BCUT2D eigenvalue weighted by Gasteiger charge is -2.05. The van der Waals surface area contributed by atoms with E-state index in [1.807, 2.05) is 55.4 Å². The number of carbonyl (C=O) groups excluding carboxylic acids is 3. The maximum Gasteiger partial charge on any atom is 0.220 e. The van der Waals surface area contributed by atoms with Crippen molar-refractivity contribution in [1.82, 2.24) is 16.0 Å². The van der Waals surface area contributed by atoms with Crippen molar-refractivity contribution in [3.05, 3.63) is 0 Å². The molecule has 3 N–H and O–H groups in total. The van der Waals surface area contributed by atoms with Gasteiger partial charge >= 0.3 is 0 Å². The predicted octanol–water partition coefficient (Wildman–Crippen LogP) is 2.76. The first-order chi connectivity index (χ1) is 11.0. The van der Waals surface area contributed by atoms with Crippen LogP contribution in [-0.2, 0) is 14.4 Å². The molecule has 0 aliphatic carbocycles. The van der Waals surface area contributed by atoms with Crippen molar-refractivity contribution in [2.45, 2.75) is 99.7 Å². The van der Waals surface area contributed by atoms with Crippen LogP contribution >= 0.6 is 0 Å². The molecule has 0 spiro atoms. The predicted molar refractivity (Wildman–Crippen MR) is 101 cm³/mol. The van der Waals surface area contributed by atoms with Crippen molar-refractivity contribution in [3.63, 3.8) is 0 Å². The normalized spacial score (nSPS) is 9.50. The molecule has 0 heterocycles. The monoisotopic (exact) mass is 345 g/mol. The Balaban J connectivity index is -0.000000278. The molecule has 0 aromatic rings. The summed E-state index contributed by atoms with van der Waals surface area (Å²) in [6.07, 6.45) is 2.16. The molecular weight excluding hydrogens is 306 g/mol. The molecule has 0 saturated carbocycles. The quantitative estimate of drug-likeness (QED) is 0.692. The molecule has 0 unspecified atom stereocenters. The lowest BCUT2D eigenvalue weighted by molar-refractivity contribution is -0.122. The summed E-state index contributed by atoms with van der Waals surface area (Å²) in [5.41, 5.74) is 0. The molecule has 0 aromatic heterocycles. The van der Waals surface area contributed by atoms with E-state index in [1.165, 1.54) is 6.92 Å². The molecule has 3 amide bonds. The molecule has 0 radical (unpaired) electrons. The zero-order chi connectivity index (χ0) is 19.7. The molecule has 144 valence electrons. The third kappa shape index (κ3) is 32.4. The molecule has 0 saturated heterocycles. The summed E-state index contributed by atoms with van der Waals surface area (Å²) >= 11 is 0. The van der Waals surface area contributed by atoms with Crippen LogP contribution in [-0.4, -0.2) is 35.8 Å². The number of nitrogens with one attached hydrogen (secondary N) is 3. The third-order valence-electron chi connectivity index (χ3n) is 2.19. The van der Waals surface area contributed by atoms with E-state index in [2.05, 4.69) is 16.0 Å². The fourth-order valence-corrected chi connectivity index (χ4v) is 1.45. The second-order valence-electron chi connectivity index (χ2n) is 6.40. The van der Waals surface area contributed by atoms with Gasteiger partial charge in [0.15, 0.2) is 0 Å². The summed E-state index contributed by atoms with van der Waals surface area (Å²) in [5, 5.41) is 8.22. The van der Waals surface area contributed by atoms with Crippen LogP contribution in [0.4, 0.5) is 0 Å². The van der Waals surface area contributed by atoms with Crippen molar-refractivity contribution in [1.29, 1.82) is 0 Å². The summed E-state index contributed by atoms with van der Waals surface area (Å²) < 4.78 is 0. The highest BCUT2D eigenvalue weighted by Crippen LogP contribution is 1.87. The highest BCUT2D eigenvalue weighted by atomic mass is 16.2. The van der Waals surface area contributed by atoms with Crippen LogP contribution < -0.4 is 16.0 Å². The summed E-state index contributed by atoms with van der Waals surface area (Å²) in [4.78, 5) is 31.4. The van der Waals surface area contributed by atoms with Crippen molar-refractivity contribution < 1.29 is 14.4 Å². The van der Waals surface area contributed by atoms with Gasteiger partial charge in [-0.15, -0.1) is 0 Å². The molecule has 24 heavy (non-hydrogen) atoms. The number of carbonyl (C=O) groups is 3. The minimum atomic E-state index is 0.0370. The van der Waals surface area contributed by atoms with Crippen molar-refractivity contribution in [2.75, 3.05) is 0 Å².